The first-order valence-corrected chi connectivity index (χ1v) is 8.05. The van der Waals surface area contributed by atoms with Gasteiger partial charge in [-0.1, -0.05) is 42.5 Å². The number of carbonyl (C=O) groups excluding carboxylic acids is 1. The van der Waals surface area contributed by atoms with Crippen LogP contribution >= 0.6 is 0 Å². The van der Waals surface area contributed by atoms with Crippen molar-refractivity contribution >= 4 is 23.4 Å². The van der Waals surface area contributed by atoms with Crippen LogP contribution in [0, 0.1) is 10.1 Å². The summed E-state index contributed by atoms with van der Waals surface area (Å²) < 4.78 is 0. The van der Waals surface area contributed by atoms with Gasteiger partial charge >= 0.3 is 11.9 Å². The van der Waals surface area contributed by atoms with E-state index >= 15 is 0 Å². The maximum atomic E-state index is 12.0. The molecule has 0 aliphatic rings. The van der Waals surface area contributed by atoms with Gasteiger partial charge in [-0.05, 0) is 6.07 Å². The number of aromatic nitrogens is 1. The maximum Gasteiger partial charge on any atom is 0.337 e. The van der Waals surface area contributed by atoms with Crippen LogP contribution in [0.3, 0.4) is 0 Å². The summed E-state index contributed by atoms with van der Waals surface area (Å²) in [6, 6.07) is 15.5. The van der Waals surface area contributed by atoms with E-state index in [1.807, 2.05) is 6.07 Å². The number of nitro benzene ring substituents is 1. The summed E-state index contributed by atoms with van der Waals surface area (Å²) in [6.07, 6.45) is 2.18. The zero-order valence-corrected chi connectivity index (χ0v) is 14.8. The van der Waals surface area contributed by atoms with Crippen LogP contribution in [0.15, 0.2) is 73.1 Å². The lowest BCUT2D eigenvalue weighted by Gasteiger charge is -2.00. The molecule has 0 amide bonds. The molecule has 0 atom stereocenters. The van der Waals surface area contributed by atoms with E-state index in [9.17, 15) is 24.5 Å². The minimum atomic E-state index is -1.19. The minimum Gasteiger partial charge on any atom is -0.478 e. The number of hydrogen-bond acceptors (Lipinski definition) is 6. The molecule has 9 nitrogen and oxygen atoms in total. The third kappa shape index (κ3) is 5.79. The van der Waals surface area contributed by atoms with Gasteiger partial charge in [-0.2, -0.15) is 0 Å². The van der Waals surface area contributed by atoms with Gasteiger partial charge in [0.15, 0.2) is 5.78 Å². The normalized spacial score (nSPS) is 9.66. The molecule has 2 aromatic carbocycles. The number of benzene rings is 2. The van der Waals surface area contributed by atoms with Crippen molar-refractivity contribution in [1.29, 1.82) is 0 Å². The molecule has 0 radical (unpaired) electrons. The zero-order valence-electron chi connectivity index (χ0n) is 14.8. The second kappa shape index (κ2) is 9.51. The summed E-state index contributed by atoms with van der Waals surface area (Å²) in [7, 11) is 0. The first kappa shape index (κ1) is 20.9. The van der Waals surface area contributed by atoms with Gasteiger partial charge in [-0.25, -0.2) is 9.59 Å². The molecule has 0 aliphatic carbocycles. The Kier molecular flexibility index (Phi) is 6.86. The summed E-state index contributed by atoms with van der Waals surface area (Å²) in [5.74, 6) is -2.59. The average Bonchev–Trinajstić information content (AvgIpc) is 2.74. The number of aromatic carboxylic acids is 2. The van der Waals surface area contributed by atoms with Crippen molar-refractivity contribution in [3.05, 3.63) is 105 Å². The molecule has 9 heteroatoms. The molecule has 1 heterocycles. The SMILES string of the molecule is O=C(O)c1cncc(C(=O)O)c1.O=C(c1ccccc1)c1cccc([N+](=O)[O-])c1. The van der Waals surface area contributed by atoms with E-state index in [2.05, 4.69) is 4.98 Å². The lowest BCUT2D eigenvalue weighted by Crippen LogP contribution is -2.02. The van der Waals surface area contributed by atoms with Crippen molar-refractivity contribution in [3.63, 3.8) is 0 Å². The first-order chi connectivity index (χ1) is 13.8. The average molecular weight is 394 g/mol. The fourth-order valence-electron chi connectivity index (χ4n) is 2.19. The van der Waals surface area contributed by atoms with E-state index in [1.165, 1.54) is 18.2 Å². The Balaban J connectivity index is 0.000000221. The first-order valence-electron chi connectivity index (χ1n) is 8.05. The molecular weight excluding hydrogens is 380 g/mol. The molecule has 0 saturated heterocycles. The summed E-state index contributed by atoms with van der Waals surface area (Å²) >= 11 is 0. The summed E-state index contributed by atoms with van der Waals surface area (Å²) in [5, 5.41) is 27.5. The molecule has 146 valence electrons. The molecule has 3 rings (SSSR count). The Labute approximate surface area is 164 Å². The lowest BCUT2D eigenvalue weighted by atomic mass is 10.0. The largest absolute Gasteiger partial charge is 0.478 e. The molecule has 1 aromatic heterocycles. The van der Waals surface area contributed by atoms with Gasteiger partial charge in [0.25, 0.3) is 5.69 Å². The Morgan fingerprint density at radius 3 is 1.83 bits per heavy atom. The van der Waals surface area contributed by atoms with Gasteiger partial charge in [0, 0.05) is 35.7 Å². The van der Waals surface area contributed by atoms with Crippen LogP contribution in [0.25, 0.3) is 0 Å². The molecule has 3 aromatic rings. The molecule has 29 heavy (non-hydrogen) atoms. The predicted molar refractivity (Wildman–Crippen MR) is 101 cm³/mol. The zero-order chi connectivity index (χ0) is 21.4. The number of pyridine rings is 1. The number of carboxylic acid groups (broad SMARTS) is 2. The van der Waals surface area contributed by atoms with E-state index in [-0.39, 0.29) is 22.6 Å². The van der Waals surface area contributed by atoms with E-state index in [1.54, 1.807) is 30.3 Å². The lowest BCUT2D eigenvalue weighted by molar-refractivity contribution is -0.384. The number of hydrogen-bond donors (Lipinski definition) is 2. The van der Waals surface area contributed by atoms with Gasteiger partial charge in [0.05, 0.1) is 16.1 Å². The third-order valence-electron chi connectivity index (χ3n) is 3.59. The summed E-state index contributed by atoms with van der Waals surface area (Å²) in [5.41, 5.74) is 0.509. The molecule has 0 unspecified atom stereocenters. The van der Waals surface area contributed by atoms with Crippen LogP contribution in [0.2, 0.25) is 0 Å². The van der Waals surface area contributed by atoms with Gasteiger partial charge in [-0.3, -0.25) is 19.9 Å². The highest BCUT2D eigenvalue weighted by Crippen LogP contribution is 2.16. The van der Waals surface area contributed by atoms with Crippen molar-refractivity contribution in [1.82, 2.24) is 4.98 Å². The number of carboxylic acids is 2. The van der Waals surface area contributed by atoms with Crippen molar-refractivity contribution in [2.24, 2.45) is 0 Å². The Morgan fingerprint density at radius 2 is 1.31 bits per heavy atom. The highest BCUT2D eigenvalue weighted by molar-refractivity contribution is 6.09. The van der Waals surface area contributed by atoms with Crippen molar-refractivity contribution in [2.45, 2.75) is 0 Å². The quantitative estimate of drug-likeness (QED) is 0.380. The van der Waals surface area contributed by atoms with Gasteiger partial charge in [0.2, 0.25) is 0 Å². The number of ketones is 1. The molecule has 0 fully saturated rings. The molecule has 0 saturated carbocycles. The van der Waals surface area contributed by atoms with Crippen molar-refractivity contribution in [2.75, 3.05) is 0 Å². The van der Waals surface area contributed by atoms with Crippen LogP contribution in [0.4, 0.5) is 5.69 Å². The van der Waals surface area contributed by atoms with Crippen LogP contribution in [-0.4, -0.2) is 37.8 Å². The topological polar surface area (TPSA) is 148 Å². The van der Waals surface area contributed by atoms with E-state index < -0.39 is 16.9 Å². The van der Waals surface area contributed by atoms with Crippen LogP contribution < -0.4 is 0 Å². The van der Waals surface area contributed by atoms with Crippen LogP contribution in [0.5, 0.6) is 0 Å². The standard InChI is InChI=1S/C13H9NO3.C7H5NO4/c15-13(10-5-2-1-3-6-10)11-7-4-8-12(9-11)14(16)17;9-6(10)4-1-5(7(11)12)3-8-2-4/h1-9H;1-3H,(H,9,10)(H,11,12). The Hall–Kier alpha value is -4.40. The second-order valence-corrected chi connectivity index (χ2v) is 5.58. The van der Waals surface area contributed by atoms with Gasteiger partial charge in [0.1, 0.15) is 0 Å². The van der Waals surface area contributed by atoms with E-state index in [0.29, 0.717) is 11.1 Å². The van der Waals surface area contributed by atoms with Gasteiger partial charge in [-0.15, -0.1) is 0 Å². The number of rotatable bonds is 5. The van der Waals surface area contributed by atoms with Crippen molar-refractivity contribution in [3.8, 4) is 0 Å². The fraction of sp³-hybridized carbons (Fsp3) is 0. The number of nitro groups is 1. The molecular formula is C20H14N2O7. The summed E-state index contributed by atoms with van der Waals surface area (Å²) in [4.78, 5) is 46.2. The van der Waals surface area contributed by atoms with Crippen LogP contribution in [-0.2, 0) is 0 Å². The number of nitrogens with zero attached hydrogens (tertiary/aromatic N) is 2. The van der Waals surface area contributed by atoms with Crippen molar-refractivity contribution < 1.29 is 29.5 Å². The number of carbonyl (C=O) groups is 3. The highest BCUT2D eigenvalue weighted by atomic mass is 16.6. The fourth-order valence-corrected chi connectivity index (χ4v) is 2.19. The second-order valence-electron chi connectivity index (χ2n) is 5.58. The molecule has 2 N–H and O–H groups in total. The van der Waals surface area contributed by atoms with E-state index in [4.69, 9.17) is 10.2 Å². The van der Waals surface area contributed by atoms with Crippen LogP contribution in [0.1, 0.15) is 36.6 Å². The minimum absolute atomic E-state index is 0.0771. The highest BCUT2D eigenvalue weighted by Gasteiger charge is 2.12. The third-order valence-corrected chi connectivity index (χ3v) is 3.59. The number of non-ortho nitro benzene ring substituents is 1. The summed E-state index contributed by atoms with van der Waals surface area (Å²) in [6.45, 7) is 0. The van der Waals surface area contributed by atoms with E-state index in [0.717, 1.165) is 18.5 Å². The Morgan fingerprint density at radius 1 is 0.759 bits per heavy atom. The molecule has 0 aliphatic heterocycles. The monoisotopic (exact) mass is 394 g/mol. The molecule has 0 bridgehead atoms. The Bertz CT molecular complexity index is 1040. The van der Waals surface area contributed by atoms with Gasteiger partial charge < -0.3 is 10.2 Å². The maximum absolute atomic E-state index is 12.0. The predicted octanol–water partition coefficient (Wildman–Crippen LogP) is 3.30. The smallest absolute Gasteiger partial charge is 0.337 e. The molecule has 0 spiro atoms.